The van der Waals surface area contributed by atoms with Gasteiger partial charge in [0.15, 0.2) is 6.10 Å². The summed E-state index contributed by atoms with van der Waals surface area (Å²) in [5.41, 5.74) is 1.21. The molecular weight excluding hydrogens is 310 g/mol. The van der Waals surface area contributed by atoms with Gasteiger partial charge in [0.25, 0.3) is 5.91 Å². The van der Waals surface area contributed by atoms with Crippen molar-refractivity contribution in [2.75, 3.05) is 6.54 Å². The Kier molecular flexibility index (Phi) is 5.34. The molecule has 0 bridgehead atoms. The van der Waals surface area contributed by atoms with Crippen LogP contribution in [0, 0.1) is 0 Å². The van der Waals surface area contributed by atoms with Crippen LogP contribution >= 0.6 is 0 Å². The van der Waals surface area contributed by atoms with E-state index in [4.69, 9.17) is 4.74 Å². The lowest BCUT2D eigenvalue weighted by atomic mass is 10.0. The number of hydrogen-bond donors (Lipinski definition) is 1. The lowest BCUT2D eigenvalue weighted by molar-refractivity contribution is -0.127. The molecule has 0 spiro atoms. The first kappa shape index (κ1) is 17.0. The Bertz CT molecular complexity index is 840. The van der Waals surface area contributed by atoms with E-state index in [2.05, 4.69) is 24.4 Å². The van der Waals surface area contributed by atoms with Crippen molar-refractivity contribution in [2.45, 2.75) is 25.9 Å². The highest BCUT2D eigenvalue weighted by atomic mass is 16.5. The fourth-order valence-corrected chi connectivity index (χ4v) is 2.84. The molecule has 128 valence electrons. The van der Waals surface area contributed by atoms with Crippen molar-refractivity contribution in [2.24, 2.45) is 0 Å². The number of rotatable bonds is 6. The SMILES string of the molecule is C[C@H](Oc1cccc2ccccc12)C(=O)NC[C@H](C)c1ccccc1. The standard InChI is InChI=1S/C22H23NO2/c1-16(18-9-4-3-5-10-18)15-23-22(24)17(2)25-21-14-8-12-19-11-6-7-13-20(19)21/h3-14,16-17H,15H2,1-2H3,(H,23,24)/t16-,17-/m0/s1. The van der Waals surface area contributed by atoms with Gasteiger partial charge in [-0.1, -0.05) is 73.7 Å². The van der Waals surface area contributed by atoms with Gasteiger partial charge in [0, 0.05) is 11.9 Å². The van der Waals surface area contributed by atoms with E-state index in [0.717, 1.165) is 16.5 Å². The van der Waals surface area contributed by atoms with Crippen molar-refractivity contribution in [3.63, 3.8) is 0 Å². The van der Waals surface area contributed by atoms with Crippen LogP contribution in [-0.4, -0.2) is 18.6 Å². The fraction of sp³-hybridized carbons (Fsp3) is 0.227. The molecule has 0 saturated carbocycles. The summed E-state index contributed by atoms with van der Waals surface area (Å²) in [6.45, 7) is 4.47. The maximum atomic E-state index is 12.4. The number of fused-ring (bicyclic) bond motifs is 1. The van der Waals surface area contributed by atoms with E-state index in [1.807, 2.05) is 60.7 Å². The summed E-state index contributed by atoms with van der Waals surface area (Å²) in [4.78, 5) is 12.4. The highest BCUT2D eigenvalue weighted by molar-refractivity contribution is 5.89. The van der Waals surface area contributed by atoms with E-state index >= 15 is 0 Å². The average molecular weight is 333 g/mol. The number of nitrogens with one attached hydrogen (secondary N) is 1. The van der Waals surface area contributed by atoms with E-state index in [1.54, 1.807) is 6.92 Å². The number of amides is 1. The average Bonchev–Trinajstić information content (AvgIpc) is 2.66. The molecule has 3 aromatic rings. The molecule has 3 aromatic carbocycles. The van der Waals surface area contributed by atoms with Crippen LogP contribution in [-0.2, 0) is 4.79 Å². The van der Waals surface area contributed by atoms with Crippen molar-refractivity contribution in [3.05, 3.63) is 78.4 Å². The van der Waals surface area contributed by atoms with E-state index in [-0.39, 0.29) is 11.8 Å². The maximum Gasteiger partial charge on any atom is 0.260 e. The van der Waals surface area contributed by atoms with Gasteiger partial charge in [0.05, 0.1) is 0 Å². The fourth-order valence-electron chi connectivity index (χ4n) is 2.84. The Morgan fingerprint density at radius 3 is 2.40 bits per heavy atom. The zero-order chi connectivity index (χ0) is 17.6. The van der Waals surface area contributed by atoms with Crippen LogP contribution in [0.1, 0.15) is 25.3 Å². The van der Waals surface area contributed by atoms with E-state index in [1.165, 1.54) is 5.56 Å². The van der Waals surface area contributed by atoms with Gasteiger partial charge in [-0.05, 0) is 29.9 Å². The Hall–Kier alpha value is -2.81. The van der Waals surface area contributed by atoms with Crippen molar-refractivity contribution in [3.8, 4) is 5.75 Å². The molecule has 0 saturated heterocycles. The predicted molar refractivity (Wildman–Crippen MR) is 102 cm³/mol. The van der Waals surface area contributed by atoms with Crippen LogP contribution in [0.4, 0.5) is 0 Å². The monoisotopic (exact) mass is 333 g/mol. The Morgan fingerprint density at radius 1 is 0.920 bits per heavy atom. The van der Waals surface area contributed by atoms with Crippen molar-refractivity contribution in [1.82, 2.24) is 5.32 Å². The number of carbonyl (C=O) groups excluding carboxylic acids is 1. The minimum absolute atomic E-state index is 0.101. The first-order valence-corrected chi connectivity index (χ1v) is 8.62. The molecule has 3 heteroatoms. The maximum absolute atomic E-state index is 12.4. The minimum Gasteiger partial charge on any atom is -0.480 e. The van der Waals surface area contributed by atoms with Gasteiger partial charge >= 0.3 is 0 Å². The molecule has 3 rings (SSSR count). The molecule has 25 heavy (non-hydrogen) atoms. The molecule has 0 unspecified atom stereocenters. The second kappa shape index (κ2) is 7.84. The lowest BCUT2D eigenvalue weighted by Gasteiger charge is -2.18. The summed E-state index contributed by atoms with van der Waals surface area (Å²) in [5.74, 6) is 0.891. The largest absolute Gasteiger partial charge is 0.480 e. The second-order valence-corrected chi connectivity index (χ2v) is 6.29. The van der Waals surface area contributed by atoms with Gasteiger partial charge in [0.1, 0.15) is 5.75 Å². The molecule has 0 heterocycles. The second-order valence-electron chi connectivity index (χ2n) is 6.29. The van der Waals surface area contributed by atoms with Gasteiger partial charge in [0.2, 0.25) is 0 Å². The number of hydrogen-bond acceptors (Lipinski definition) is 2. The van der Waals surface area contributed by atoms with Gasteiger partial charge < -0.3 is 10.1 Å². The molecular formula is C22H23NO2. The zero-order valence-corrected chi connectivity index (χ0v) is 14.6. The minimum atomic E-state index is -0.547. The van der Waals surface area contributed by atoms with Gasteiger partial charge in [-0.2, -0.15) is 0 Å². The highest BCUT2D eigenvalue weighted by Gasteiger charge is 2.16. The van der Waals surface area contributed by atoms with Gasteiger partial charge in [-0.25, -0.2) is 0 Å². The Balaban J connectivity index is 1.61. The Morgan fingerprint density at radius 2 is 1.60 bits per heavy atom. The van der Waals surface area contributed by atoms with Crippen molar-refractivity contribution >= 4 is 16.7 Å². The molecule has 1 N–H and O–H groups in total. The van der Waals surface area contributed by atoms with E-state index < -0.39 is 6.10 Å². The topological polar surface area (TPSA) is 38.3 Å². The smallest absolute Gasteiger partial charge is 0.260 e. The summed E-state index contributed by atoms with van der Waals surface area (Å²) >= 11 is 0. The normalized spacial score (nSPS) is 13.2. The van der Waals surface area contributed by atoms with Crippen LogP contribution < -0.4 is 10.1 Å². The van der Waals surface area contributed by atoms with E-state index in [0.29, 0.717) is 6.54 Å². The third kappa shape index (κ3) is 4.18. The summed E-state index contributed by atoms with van der Waals surface area (Å²) in [5, 5.41) is 5.10. The summed E-state index contributed by atoms with van der Waals surface area (Å²) in [6, 6.07) is 24.1. The van der Waals surface area contributed by atoms with Gasteiger partial charge in [-0.15, -0.1) is 0 Å². The molecule has 0 radical (unpaired) electrons. The van der Waals surface area contributed by atoms with Crippen LogP contribution in [0.5, 0.6) is 5.75 Å². The zero-order valence-electron chi connectivity index (χ0n) is 14.6. The number of ether oxygens (including phenoxy) is 1. The highest BCUT2D eigenvalue weighted by Crippen LogP contribution is 2.26. The van der Waals surface area contributed by atoms with Crippen LogP contribution in [0.3, 0.4) is 0 Å². The number of carbonyl (C=O) groups is 1. The molecule has 3 nitrogen and oxygen atoms in total. The third-order valence-electron chi connectivity index (χ3n) is 4.37. The molecule has 0 aliphatic rings. The summed E-state index contributed by atoms with van der Waals surface area (Å²) in [7, 11) is 0. The summed E-state index contributed by atoms with van der Waals surface area (Å²) < 4.78 is 5.92. The van der Waals surface area contributed by atoms with E-state index in [9.17, 15) is 4.79 Å². The van der Waals surface area contributed by atoms with Crippen molar-refractivity contribution in [1.29, 1.82) is 0 Å². The molecule has 1 amide bonds. The van der Waals surface area contributed by atoms with Crippen molar-refractivity contribution < 1.29 is 9.53 Å². The molecule has 0 aromatic heterocycles. The lowest BCUT2D eigenvalue weighted by Crippen LogP contribution is -2.38. The molecule has 2 atom stereocenters. The quantitative estimate of drug-likeness (QED) is 0.720. The number of benzene rings is 3. The molecule has 0 fully saturated rings. The predicted octanol–water partition coefficient (Wildman–Crippen LogP) is 4.53. The molecule has 0 aliphatic heterocycles. The van der Waals surface area contributed by atoms with Gasteiger partial charge in [-0.3, -0.25) is 4.79 Å². The van der Waals surface area contributed by atoms with Crippen LogP contribution in [0.25, 0.3) is 10.8 Å². The first-order chi connectivity index (χ1) is 12.1. The van der Waals surface area contributed by atoms with Crippen LogP contribution in [0.2, 0.25) is 0 Å². The Labute approximate surface area is 148 Å². The van der Waals surface area contributed by atoms with Crippen LogP contribution in [0.15, 0.2) is 72.8 Å². The first-order valence-electron chi connectivity index (χ1n) is 8.62. The molecule has 0 aliphatic carbocycles. The third-order valence-corrected chi connectivity index (χ3v) is 4.37. The summed E-state index contributed by atoms with van der Waals surface area (Å²) in [6.07, 6.45) is -0.547.